The van der Waals surface area contributed by atoms with Gasteiger partial charge in [0, 0.05) is 10.9 Å². The van der Waals surface area contributed by atoms with Gasteiger partial charge in [-0.25, -0.2) is 4.39 Å². The summed E-state index contributed by atoms with van der Waals surface area (Å²) in [7, 11) is 0. The average molecular weight is 219 g/mol. The van der Waals surface area contributed by atoms with Crippen LogP contribution in [0.2, 0.25) is 0 Å². The van der Waals surface area contributed by atoms with E-state index in [2.05, 4.69) is 15.9 Å². The van der Waals surface area contributed by atoms with Gasteiger partial charge in [0.15, 0.2) is 0 Å². The van der Waals surface area contributed by atoms with Crippen LogP contribution in [-0.2, 0) is 0 Å². The van der Waals surface area contributed by atoms with Crippen LogP contribution in [0.4, 0.5) is 4.39 Å². The molecule has 1 rings (SSSR count). The topological polar surface area (TPSA) is 20.2 Å². The van der Waals surface area contributed by atoms with Gasteiger partial charge in [0.25, 0.3) is 0 Å². The maximum atomic E-state index is 12.9. The number of halogens is 2. The largest absolute Gasteiger partial charge is 0.508 e. The van der Waals surface area contributed by atoms with Crippen LogP contribution >= 0.6 is 15.9 Å². The Morgan fingerprint density at radius 3 is 2.64 bits per heavy atom. The Hall–Kier alpha value is -0.570. The highest BCUT2D eigenvalue weighted by molar-refractivity contribution is 9.09. The molecule has 0 radical (unpaired) electrons. The van der Waals surface area contributed by atoms with Crippen LogP contribution in [0.5, 0.6) is 5.75 Å². The van der Waals surface area contributed by atoms with Crippen molar-refractivity contribution in [1.82, 2.24) is 0 Å². The lowest BCUT2D eigenvalue weighted by atomic mass is 10.1. The van der Waals surface area contributed by atoms with E-state index in [4.69, 9.17) is 5.11 Å². The Bertz CT molecular complexity index is 239. The molecule has 3 heteroatoms. The van der Waals surface area contributed by atoms with Gasteiger partial charge in [0.1, 0.15) is 11.9 Å². The van der Waals surface area contributed by atoms with E-state index in [0.717, 1.165) is 0 Å². The fourth-order valence-corrected chi connectivity index (χ4v) is 1.18. The molecule has 1 nitrogen and oxygen atoms in total. The van der Waals surface area contributed by atoms with E-state index in [0.29, 0.717) is 5.56 Å². The van der Waals surface area contributed by atoms with Crippen molar-refractivity contribution in [3.63, 3.8) is 0 Å². The molecule has 1 unspecified atom stereocenters. The number of aromatic hydroxyl groups is 1. The van der Waals surface area contributed by atoms with Gasteiger partial charge in [0.05, 0.1) is 0 Å². The molecule has 0 amide bonds. The van der Waals surface area contributed by atoms with Gasteiger partial charge in [-0.2, -0.15) is 0 Å². The van der Waals surface area contributed by atoms with Gasteiger partial charge in [-0.15, -0.1) is 0 Å². The summed E-state index contributed by atoms with van der Waals surface area (Å²) in [5, 5.41) is 9.36. The smallest absolute Gasteiger partial charge is 0.138 e. The summed E-state index contributed by atoms with van der Waals surface area (Å²) in [4.78, 5) is 0. The van der Waals surface area contributed by atoms with Crippen LogP contribution in [0, 0.1) is 0 Å². The minimum Gasteiger partial charge on any atom is -0.508 e. The van der Waals surface area contributed by atoms with Gasteiger partial charge in [-0.05, 0) is 6.07 Å². The summed E-state index contributed by atoms with van der Waals surface area (Å²) in [6.45, 7) is 0. The third kappa shape index (κ3) is 1.93. The lowest BCUT2D eigenvalue weighted by Crippen LogP contribution is -1.91. The molecule has 1 aromatic carbocycles. The second kappa shape index (κ2) is 3.72. The molecule has 1 N–H and O–H groups in total. The zero-order chi connectivity index (χ0) is 8.27. The van der Waals surface area contributed by atoms with Crippen molar-refractivity contribution in [2.45, 2.75) is 6.17 Å². The SMILES string of the molecule is Oc1ccccc1C(F)CBr. The predicted molar refractivity (Wildman–Crippen MR) is 45.7 cm³/mol. The van der Waals surface area contributed by atoms with Gasteiger partial charge in [-0.3, -0.25) is 0 Å². The molecule has 0 heterocycles. The fraction of sp³-hybridized carbons (Fsp3) is 0.250. The Morgan fingerprint density at radius 2 is 2.09 bits per heavy atom. The lowest BCUT2D eigenvalue weighted by molar-refractivity contribution is 0.363. The molecule has 0 aliphatic rings. The molecule has 11 heavy (non-hydrogen) atoms. The van der Waals surface area contributed by atoms with Crippen molar-refractivity contribution in [2.75, 3.05) is 5.33 Å². The summed E-state index contributed by atoms with van der Waals surface area (Å²) in [5.74, 6) is 0.0134. The lowest BCUT2D eigenvalue weighted by Gasteiger charge is -2.05. The Morgan fingerprint density at radius 1 is 1.45 bits per heavy atom. The van der Waals surface area contributed by atoms with Crippen LogP contribution in [-0.4, -0.2) is 10.4 Å². The average Bonchev–Trinajstić information content (AvgIpc) is 2.04. The first-order valence-corrected chi connectivity index (χ1v) is 4.35. The van der Waals surface area contributed by atoms with Crippen LogP contribution in [0.25, 0.3) is 0 Å². The third-order valence-corrected chi connectivity index (χ3v) is 1.98. The molecule has 0 aromatic heterocycles. The van der Waals surface area contributed by atoms with Gasteiger partial charge >= 0.3 is 0 Å². The minimum atomic E-state index is -1.13. The first kappa shape index (κ1) is 8.53. The Labute approximate surface area is 73.0 Å². The van der Waals surface area contributed by atoms with E-state index >= 15 is 0 Å². The number of hydrogen-bond donors (Lipinski definition) is 1. The maximum absolute atomic E-state index is 12.9. The molecule has 0 saturated heterocycles. The predicted octanol–water partition coefficient (Wildman–Crippen LogP) is 2.80. The van der Waals surface area contributed by atoms with E-state index < -0.39 is 6.17 Å². The number of para-hydroxylation sites is 1. The monoisotopic (exact) mass is 218 g/mol. The zero-order valence-electron chi connectivity index (χ0n) is 5.80. The van der Waals surface area contributed by atoms with Gasteiger partial charge < -0.3 is 5.11 Å². The highest BCUT2D eigenvalue weighted by Gasteiger charge is 2.10. The third-order valence-electron chi connectivity index (χ3n) is 1.41. The van der Waals surface area contributed by atoms with Crippen LogP contribution in [0.3, 0.4) is 0 Å². The number of phenols is 1. The number of phenolic OH excluding ortho intramolecular Hbond substituents is 1. The molecule has 1 atom stereocenters. The Kier molecular flexibility index (Phi) is 2.88. The van der Waals surface area contributed by atoms with Crippen molar-refractivity contribution in [3.8, 4) is 5.75 Å². The van der Waals surface area contributed by atoms with Crippen LogP contribution in [0.15, 0.2) is 24.3 Å². The van der Waals surface area contributed by atoms with E-state index in [9.17, 15) is 4.39 Å². The Balaban J connectivity index is 2.93. The van der Waals surface area contributed by atoms with E-state index in [-0.39, 0.29) is 11.1 Å². The summed E-state index contributed by atoms with van der Waals surface area (Å²) in [6.07, 6.45) is -1.13. The quantitative estimate of drug-likeness (QED) is 0.758. The molecule has 60 valence electrons. The van der Waals surface area contributed by atoms with Crippen molar-refractivity contribution >= 4 is 15.9 Å². The molecule has 0 aliphatic carbocycles. The first-order chi connectivity index (χ1) is 5.25. The highest BCUT2D eigenvalue weighted by Crippen LogP contribution is 2.27. The van der Waals surface area contributed by atoms with E-state index in [1.165, 1.54) is 6.07 Å². The minimum absolute atomic E-state index is 0.0134. The molecular weight excluding hydrogens is 211 g/mol. The molecule has 0 bridgehead atoms. The molecule has 1 aromatic rings. The summed E-state index contributed by atoms with van der Waals surface area (Å²) in [5.41, 5.74) is 0.337. The van der Waals surface area contributed by atoms with Gasteiger partial charge in [0.2, 0.25) is 0 Å². The standard InChI is InChI=1S/C8H8BrFO/c9-5-7(10)6-3-1-2-4-8(6)11/h1-4,7,11H,5H2. The summed E-state index contributed by atoms with van der Waals surface area (Å²) < 4.78 is 12.9. The van der Waals surface area contributed by atoms with Crippen LogP contribution < -0.4 is 0 Å². The van der Waals surface area contributed by atoms with Crippen molar-refractivity contribution in [2.24, 2.45) is 0 Å². The highest BCUT2D eigenvalue weighted by atomic mass is 79.9. The second-order valence-corrected chi connectivity index (χ2v) is 2.83. The fourth-order valence-electron chi connectivity index (χ4n) is 0.836. The summed E-state index contributed by atoms with van der Waals surface area (Å²) in [6, 6.07) is 6.41. The zero-order valence-corrected chi connectivity index (χ0v) is 7.38. The normalized spacial score (nSPS) is 12.9. The number of alkyl halides is 2. The summed E-state index contributed by atoms with van der Waals surface area (Å²) >= 11 is 3.00. The maximum Gasteiger partial charge on any atom is 0.138 e. The molecule has 0 saturated carbocycles. The van der Waals surface area contributed by atoms with E-state index in [1.807, 2.05) is 0 Å². The molecular formula is C8H8BrFO. The van der Waals surface area contributed by atoms with Crippen molar-refractivity contribution in [1.29, 1.82) is 0 Å². The van der Waals surface area contributed by atoms with Crippen molar-refractivity contribution in [3.05, 3.63) is 29.8 Å². The molecule has 0 spiro atoms. The first-order valence-electron chi connectivity index (χ1n) is 3.23. The molecule has 0 aliphatic heterocycles. The molecule has 0 fully saturated rings. The van der Waals surface area contributed by atoms with Gasteiger partial charge in [-0.1, -0.05) is 34.1 Å². The van der Waals surface area contributed by atoms with Crippen LogP contribution in [0.1, 0.15) is 11.7 Å². The second-order valence-electron chi connectivity index (χ2n) is 2.18. The number of hydrogen-bond acceptors (Lipinski definition) is 1. The van der Waals surface area contributed by atoms with Crippen molar-refractivity contribution < 1.29 is 9.50 Å². The number of benzene rings is 1. The van der Waals surface area contributed by atoms with E-state index in [1.54, 1.807) is 18.2 Å². The number of rotatable bonds is 2.